The van der Waals surface area contributed by atoms with E-state index in [9.17, 15) is 5.11 Å². The van der Waals surface area contributed by atoms with Crippen LogP contribution in [0.3, 0.4) is 0 Å². The average molecular weight is 212 g/mol. The average Bonchev–Trinajstić information content (AvgIpc) is 2.88. The maximum Gasteiger partial charge on any atom is 0.128 e. The Kier molecular flexibility index (Phi) is 2.26. The molecule has 0 saturated heterocycles. The quantitative estimate of drug-likeness (QED) is 0.655. The van der Waals surface area contributed by atoms with E-state index in [-0.39, 0.29) is 0 Å². The maximum absolute atomic E-state index is 10.5. The highest BCUT2D eigenvalue weighted by Crippen LogP contribution is 2.50. The zero-order chi connectivity index (χ0) is 11.0. The summed E-state index contributed by atoms with van der Waals surface area (Å²) in [5.74, 6) is 7.37. The van der Waals surface area contributed by atoms with Gasteiger partial charge in [0, 0.05) is 5.56 Å². The van der Waals surface area contributed by atoms with Crippen LogP contribution in [0.25, 0.3) is 0 Å². The van der Waals surface area contributed by atoms with Crippen molar-refractivity contribution >= 4 is 0 Å². The third kappa shape index (κ3) is 1.64. The third-order valence-electron chi connectivity index (χ3n) is 4.01. The van der Waals surface area contributed by atoms with Gasteiger partial charge in [0.05, 0.1) is 0 Å². The Balaban J connectivity index is 1.83. The van der Waals surface area contributed by atoms with Gasteiger partial charge in [-0.05, 0) is 49.7 Å². The lowest BCUT2D eigenvalue weighted by Gasteiger charge is -2.26. The summed E-state index contributed by atoms with van der Waals surface area (Å²) in [6.45, 7) is 0. The van der Waals surface area contributed by atoms with Gasteiger partial charge in [-0.3, -0.25) is 0 Å². The molecule has 2 saturated carbocycles. The van der Waals surface area contributed by atoms with E-state index < -0.39 is 5.60 Å². The van der Waals surface area contributed by atoms with Crippen LogP contribution in [0.5, 0.6) is 0 Å². The molecule has 0 amide bonds. The van der Waals surface area contributed by atoms with Gasteiger partial charge in [-0.1, -0.05) is 30.0 Å². The Bertz CT molecular complexity index is 439. The Morgan fingerprint density at radius 3 is 2.62 bits per heavy atom. The van der Waals surface area contributed by atoms with Crippen molar-refractivity contribution in [1.29, 1.82) is 0 Å². The standard InChI is InChI=1S/C15H16O/c16-15(11-13-6-7-14(15)10-13)9-8-12-4-2-1-3-5-12/h1-5,13-14,16H,6-7,10-11H2. The fourth-order valence-corrected chi connectivity index (χ4v) is 3.16. The Labute approximate surface area is 96.5 Å². The van der Waals surface area contributed by atoms with E-state index in [0.29, 0.717) is 5.92 Å². The summed E-state index contributed by atoms with van der Waals surface area (Å²) in [7, 11) is 0. The zero-order valence-electron chi connectivity index (χ0n) is 9.32. The predicted molar refractivity (Wildman–Crippen MR) is 63.7 cm³/mol. The van der Waals surface area contributed by atoms with Gasteiger partial charge in [0.1, 0.15) is 5.60 Å². The lowest BCUT2D eigenvalue weighted by atomic mass is 9.84. The molecule has 16 heavy (non-hydrogen) atoms. The van der Waals surface area contributed by atoms with Crippen molar-refractivity contribution in [3.05, 3.63) is 35.9 Å². The number of hydrogen-bond acceptors (Lipinski definition) is 1. The molecule has 1 aromatic rings. The summed E-state index contributed by atoms with van der Waals surface area (Å²) in [4.78, 5) is 0. The summed E-state index contributed by atoms with van der Waals surface area (Å²) in [5, 5.41) is 10.5. The zero-order valence-corrected chi connectivity index (χ0v) is 9.32. The fraction of sp³-hybridized carbons (Fsp3) is 0.467. The first-order valence-electron chi connectivity index (χ1n) is 6.07. The molecule has 82 valence electrons. The topological polar surface area (TPSA) is 20.2 Å². The molecule has 3 unspecified atom stereocenters. The smallest absolute Gasteiger partial charge is 0.128 e. The van der Waals surface area contributed by atoms with E-state index in [1.165, 1.54) is 12.8 Å². The highest BCUT2D eigenvalue weighted by atomic mass is 16.3. The molecule has 1 heteroatoms. The highest BCUT2D eigenvalue weighted by molar-refractivity contribution is 5.37. The van der Waals surface area contributed by atoms with Gasteiger partial charge < -0.3 is 5.11 Å². The van der Waals surface area contributed by atoms with Crippen molar-refractivity contribution in [3.63, 3.8) is 0 Å². The Morgan fingerprint density at radius 2 is 2.00 bits per heavy atom. The Morgan fingerprint density at radius 1 is 1.19 bits per heavy atom. The monoisotopic (exact) mass is 212 g/mol. The summed E-state index contributed by atoms with van der Waals surface area (Å²) in [6.07, 6.45) is 4.52. The summed E-state index contributed by atoms with van der Waals surface area (Å²) >= 11 is 0. The molecule has 2 bridgehead atoms. The summed E-state index contributed by atoms with van der Waals surface area (Å²) in [6, 6.07) is 9.92. The van der Waals surface area contributed by atoms with E-state index in [0.717, 1.165) is 24.3 Å². The molecule has 1 aromatic carbocycles. The van der Waals surface area contributed by atoms with Crippen LogP contribution in [0.1, 0.15) is 31.2 Å². The van der Waals surface area contributed by atoms with E-state index in [1.807, 2.05) is 30.3 Å². The summed E-state index contributed by atoms with van der Waals surface area (Å²) < 4.78 is 0. The molecule has 1 N–H and O–H groups in total. The number of aliphatic hydroxyl groups is 1. The van der Waals surface area contributed by atoms with E-state index in [4.69, 9.17) is 0 Å². The van der Waals surface area contributed by atoms with Gasteiger partial charge in [-0.15, -0.1) is 0 Å². The van der Waals surface area contributed by atoms with Gasteiger partial charge in [-0.25, -0.2) is 0 Å². The van der Waals surface area contributed by atoms with E-state index in [1.54, 1.807) is 0 Å². The van der Waals surface area contributed by atoms with Crippen molar-refractivity contribution in [3.8, 4) is 11.8 Å². The molecule has 3 rings (SSSR count). The molecular weight excluding hydrogens is 196 g/mol. The molecule has 2 fully saturated rings. The van der Waals surface area contributed by atoms with Crippen LogP contribution in [0.4, 0.5) is 0 Å². The minimum Gasteiger partial charge on any atom is -0.377 e. The van der Waals surface area contributed by atoms with Gasteiger partial charge in [0.15, 0.2) is 0 Å². The molecular formula is C15H16O. The molecule has 0 spiro atoms. The third-order valence-corrected chi connectivity index (χ3v) is 4.01. The van der Waals surface area contributed by atoms with E-state index >= 15 is 0 Å². The molecule has 1 nitrogen and oxygen atoms in total. The van der Waals surface area contributed by atoms with Gasteiger partial charge in [-0.2, -0.15) is 0 Å². The second kappa shape index (κ2) is 3.64. The van der Waals surface area contributed by atoms with Crippen LogP contribution in [0.15, 0.2) is 30.3 Å². The number of rotatable bonds is 0. The lowest BCUT2D eigenvalue weighted by Crippen LogP contribution is -2.33. The van der Waals surface area contributed by atoms with Crippen molar-refractivity contribution in [2.24, 2.45) is 11.8 Å². The second-order valence-electron chi connectivity index (χ2n) is 5.12. The first-order valence-corrected chi connectivity index (χ1v) is 6.07. The van der Waals surface area contributed by atoms with Crippen LogP contribution in [0, 0.1) is 23.7 Å². The van der Waals surface area contributed by atoms with Gasteiger partial charge in [0.2, 0.25) is 0 Å². The largest absolute Gasteiger partial charge is 0.377 e. The molecule has 0 radical (unpaired) electrons. The van der Waals surface area contributed by atoms with Crippen LogP contribution in [-0.2, 0) is 0 Å². The molecule has 2 aliphatic carbocycles. The fourth-order valence-electron chi connectivity index (χ4n) is 3.16. The van der Waals surface area contributed by atoms with Crippen LogP contribution >= 0.6 is 0 Å². The predicted octanol–water partition coefficient (Wildman–Crippen LogP) is 2.59. The lowest BCUT2D eigenvalue weighted by molar-refractivity contribution is 0.0438. The van der Waals surface area contributed by atoms with E-state index in [2.05, 4.69) is 11.8 Å². The molecule has 0 heterocycles. The van der Waals surface area contributed by atoms with Crippen LogP contribution in [-0.4, -0.2) is 10.7 Å². The molecule has 2 aliphatic rings. The first-order chi connectivity index (χ1) is 7.76. The molecule has 0 aliphatic heterocycles. The normalized spacial score (nSPS) is 35.8. The SMILES string of the molecule is OC1(C#Cc2ccccc2)CC2CCC1C2. The number of benzene rings is 1. The number of fused-ring (bicyclic) bond motifs is 2. The minimum atomic E-state index is -0.696. The van der Waals surface area contributed by atoms with Gasteiger partial charge in [0.25, 0.3) is 0 Å². The van der Waals surface area contributed by atoms with Crippen LogP contribution < -0.4 is 0 Å². The Hall–Kier alpha value is -1.26. The van der Waals surface area contributed by atoms with Gasteiger partial charge >= 0.3 is 0 Å². The van der Waals surface area contributed by atoms with Crippen molar-refractivity contribution < 1.29 is 5.11 Å². The van der Waals surface area contributed by atoms with Crippen molar-refractivity contribution in [2.45, 2.75) is 31.3 Å². The summed E-state index contributed by atoms with van der Waals surface area (Å²) in [5.41, 5.74) is 0.303. The second-order valence-corrected chi connectivity index (χ2v) is 5.12. The van der Waals surface area contributed by atoms with Crippen LogP contribution in [0.2, 0.25) is 0 Å². The highest BCUT2D eigenvalue weighted by Gasteiger charge is 2.48. The minimum absolute atomic E-state index is 0.425. The van der Waals surface area contributed by atoms with Crippen molar-refractivity contribution in [1.82, 2.24) is 0 Å². The van der Waals surface area contributed by atoms with Crippen molar-refractivity contribution in [2.75, 3.05) is 0 Å². The number of hydrogen-bond donors (Lipinski definition) is 1. The first kappa shape index (κ1) is 9.93. The molecule has 3 atom stereocenters. The maximum atomic E-state index is 10.5. The molecule has 0 aromatic heterocycles.